The van der Waals surface area contributed by atoms with E-state index in [4.69, 9.17) is 0 Å². The number of halogens is 15. The Labute approximate surface area is 172 Å². The Morgan fingerprint density at radius 3 is 0.636 bits per heavy atom. The second-order valence-electron chi connectivity index (χ2n) is 5.71. The van der Waals surface area contributed by atoms with Crippen molar-refractivity contribution in [3.8, 4) is 0 Å². The quantitative estimate of drug-likeness (QED) is 0.269. The van der Waals surface area contributed by atoms with Gasteiger partial charge in [-0.1, -0.05) is 58.3 Å². The predicted octanol–water partition coefficient (Wildman–Crippen LogP) is 9.20. The van der Waals surface area contributed by atoms with Crippen LogP contribution in [0.25, 0.3) is 0 Å². The number of nitrogens with zero attached hydrogens (tertiary/aromatic N) is 3. The van der Waals surface area contributed by atoms with E-state index in [9.17, 15) is 58.3 Å². The molecule has 0 atom stereocenters. The summed E-state index contributed by atoms with van der Waals surface area (Å²) in [6, 6.07) is 0. The van der Waals surface area contributed by atoms with Gasteiger partial charge in [-0.2, -0.15) is 15.3 Å². The molecule has 0 fully saturated rings. The summed E-state index contributed by atoms with van der Waals surface area (Å²) in [6.45, 7) is 0. The maximum absolute atomic E-state index is 11.7. The molecule has 6 nitrogen and oxygen atoms in total. The second kappa shape index (κ2) is 6.00. The topological polar surface area (TPSA) is 86.0 Å². The van der Waals surface area contributed by atoms with Crippen molar-refractivity contribution in [3.05, 3.63) is 37.2 Å². The third-order valence-electron chi connectivity index (χ3n) is 2.76. The van der Waals surface area contributed by atoms with Gasteiger partial charge in [0.1, 0.15) is 14.7 Å². The van der Waals surface area contributed by atoms with Gasteiger partial charge in [0.2, 0.25) is 0 Å². The minimum absolute atomic E-state index is 0.0571. The highest BCUT2D eigenvalue weighted by atomic mass is 32.5. The third kappa shape index (κ3) is 9.56. The molecule has 3 rings (SSSR count). The fraction of sp³-hybridized carbons (Fsp3) is 0. The molecule has 3 N–H and O–H groups in total. The summed E-state index contributed by atoms with van der Waals surface area (Å²) in [7, 11) is -28.4. The Hall–Kier alpha value is -2.37. The van der Waals surface area contributed by atoms with Crippen molar-refractivity contribution in [1.29, 1.82) is 0 Å². The fourth-order valence-electron chi connectivity index (χ4n) is 1.35. The zero-order valence-corrected chi connectivity index (χ0v) is 17.1. The summed E-state index contributed by atoms with van der Waals surface area (Å²) in [5, 5.41) is 13.3. The van der Waals surface area contributed by atoms with Crippen LogP contribution in [0.5, 0.6) is 0 Å². The average molecular weight is 582 g/mol. The van der Waals surface area contributed by atoms with E-state index in [-0.39, 0.29) is 37.2 Å². The van der Waals surface area contributed by atoms with Crippen molar-refractivity contribution in [2.24, 2.45) is 0 Å². The van der Waals surface area contributed by atoms with Crippen molar-refractivity contribution in [2.45, 2.75) is 14.7 Å². The lowest BCUT2D eigenvalue weighted by Gasteiger charge is -2.38. The molecule has 3 aromatic heterocycles. The highest BCUT2D eigenvalue weighted by Crippen LogP contribution is 3.03. The zero-order valence-electron chi connectivity index (χ0n) is 14.7. The van der Waals surface area contributed by atoms with E-state index in [0.717, 1.165) is 0 Å². The molecule has 0 unspecified atom stereocenters. The standard InChI is InChI=1S/3C3H3F5N2S/c3*4-11(5,6,7,8)3-1-9-10-2-3/h3*1-2H,(H,9,10). The van der Waals surface area contributed by atoms with E-state index < -0.39 is 45.4 Å². The van der Waals surface area contributed by atoms with Crippen LogP contribution in [0, 0.1) is 0 Å². The van der Waals surface area contributed by atoms with E-state index >= 15 is 0 Å². The first-order valence-corrected chi connectivity index (χ1v) is 12.8. The molecule has 0 aliphatic heterocycles. The third-order valence-corrected chi connectivity index (χ3v) is 6.10. The minimum atomic E-state index is -9.46. The van der Waals surface area contributed by atoms with Gasteiger partial charge < -0.3 is 0 Å². The number of aromatic amines is 3. The van der Waals surface area contributed by atoms with Crippen LogP contribution in [0.1, 0.15) is 0 Å². The Morgan fingerprint density at radius 1 is 0.394 bits per heavy atom. The molecule has 198 valence electrons. The monoisotopic (exact) mass is 582 g/mol. The van der Waals surface area contributed by atoms with E-state index in [1.165, 1.54) is 0 Å². The van der Waals surface area contributed by atoms with Gasteiger partial charge in [-0.05, 0) is 0 Å². The van der Waals surface area contributed by atoms with Crippen molar-refractivity contribution < 1.29 is 58.3 Å². The van der Waals surface area contributed by atoms with Gasteiger partial charge in [0.05, 0.1) is 18.6 Å². The fourth-order valence-corrected chi connectivity index (χ4v) is 2.93. The molecule has 0 aliphatic rings. The maximum Gasteiger partial charge on any atom is 0.313 e. The second-order valence-corrected chi connectivity index (χ2v) is 12.9. The molecule has 0 spiro atoms. The first-order chi connectivity index (χ1) is 13.8. The van der Waals surface area contributed by atoms with E-state index in [1.807, 2.05) is 0 Å². The molecular formula is C9H9F15N6S3. The zero-order chi connectivity index (χ0) is 26.4. The molecule has 3 heterocycles. The number of aromatic nitrogens is 6. The lowest BCUT2D eigenvalue weighted by Crippen LogP contribution is -2.04. The Bertz CT molecular complexity index is 922. The molecule has 0 aliphatic carbocycles. The van der Waals surface area contributed by atoms with Crippen molar-refractivity contribution >= 4 is 30.7 Å². The number of H-pyrrole nitrogens is 3. The smallest absolute Gasteiger partial charge is 0.284 e. The summed E-state index contributed by atoms with van der Waals surface area (Å²) >= 11 is 0. The molecule has 0 radical (unpaired) electrons. The van der Waals surface area contributed by atoms with Crippen LogP contribution in [0.4, 0.5) is 58.3 Å². The van der Waals surface area contributed by atoms with Gasteiger partial charge in [-0.25, -0.2) is 0 Å². The van der Waals surface area contributed by atoms with Crippen LogP contribution < -0.4 is 0 Å². The summed E-state index contributed by atoms with van der Waals surface area (Å²) < 4.78 is 176. The average Bonchev–Trinajstić information content (AvgIpc) is 3.25. The molecule has 0 saturated carbocycles. The summed E-state index contributed by atoms with van der Waals surface area (Å²) in [5.41, 5.74) is 0. The largest absolute Gasteiger partial charge is 0.313 e. The van der Waals surface area contributed by atoms with Crippen LogP contribution in [-0.4, -0.2) is 30.6 Å². The molecule has 0 bridgehead atoms. The van der Waals surface area contributed by atoms with E-state index in [0.29, 0.717) is 0 Å². The molecule has 3 aromatic rings. The highest BCUT2D eigenvalue weighted by molar-refractivity contribution is 8.46. The molecule has 0 amide bonds. The van der Waals surface area contributed by atoms with Gasteiger partial charge in [-0.15, -0.1) is 0 Å². The summed E-state index contributed by atoms with van der Waals surface area (Å²) in [6.07, 6.45) is 0.551. The number of rotatable bonds is 3. The first-order valence-electron chi connectivity index (χ1n) is 6.97. The first kappa shape index (κ1) is 28.7. The molecule has 0 aromatic carbocycles. The molecule has 33 heavy (non-hydrogen) atoms. The van der Waals surface area contributed by atoms with Crippen LogP contribution in [0.3, 0.4) is 0 Å². The Kier molecular flexibility index (Phi) is 5.21. The van der Waals surface area contributed by atoms with Crippen LogP contribution in [0.15, 0.2) is 51.9 Å². The molecule has 0 saturated heterocycles. The van der Waals surface area contributed by atoms with Crippen LogP contribution >= 0.6 is 30.7 Å². The van der Waals surface area contributed by atoms with Gasteiger partial charge in [-0.3, -0.25) is 15.3 Å². The number of hydrogen-bond acceptors (Lipinski definition) is 3. The molecule has 24 heteroatoms. The van der Waals surface area contributed by atoms with Gasteiger partial charge in [0.15, 0.2) is 0 Å². The van der Waals surface area contributed by atoms with E-state index in [1.54, 1.807) is 15.3 Å². The van der Waals surface area contributed by atoms with Crippen molar-refractivity contribution in [2.75, 3.05) is 0 Å². The highest BCUT2D eigenvalue weighted by Gasteiger charge is 2.67. The van der Waals surface area contributed by atoms with Gasteiger partial charge >= 0.3 is 30.7 Å². The Balaban J connectivity index is 0.000000247. The van der Waals surface area contributed by atoms with Crippen LogP contribution in [-0.2, 0) is 0 Å². The predicted molar refractivity (Wildman–Crippen MR) is 90.0 cm³/mol. The van der Waals surface area contributed by atoms with Crippen LogP contribution in [0.2, 0.25) is 0 Å². The molecular weight excluding hydrogens is 573 g/mol. The van der Waals surface area contributed by atoms with Gasteiger partial charge in [0, 0.05) is 18.6 Å². The minimum Gasteiger partial charge on any atom is -0.284 e. The summed E-state index contributed by atoms with van der Waals surface area (Å²) in [5.74, 6) is 0. The normalized spacial score (nSPS) is 19.0. The summed E-state index contributed by atoms with van der Waals surface area (Å²) in [4.78, 5) is -5.99. The Morgan fingerprint density at radius 2 is 0.576 bits per heavy atom. The van der Waals surface area contributed by atoms with Crippen molar-refractivity contribution in [1.82, 2.24) is 30.6 Å². The number of nitrogens with one attached hydrogen (secondary N) is 3. The SMILES string of the molecule is FS(F)(F)(F)(F)c1cn[nH]c1.FS(F)(F)(F)(F)c1cn[nH]c1.FS(F)(F)(F)(F)c1cn[nH]c1. The van der Waals surface area contributed by atoms with Crippen molar-refractivity contribution in [3.63, 3.8) is 0 Å². The lowest BCUT2D eigenvalue weighted by atomic mass is 10.7. The van der Waals surface area contributed by atoms with Gasteiger partial charge in [0.25, 0.3) is 0 Å². The maximum atomic E-state index is 11.7. The van der Waals surface area contributed by atoms with E-state index in [2.05, 4.69) is 15.3 Å². The lowest BCUT2D eigenvalue weighted by molar-refractivity contribution is 0.360. The number of hydrogen-bond donors (Lipinski definition) is 3.